The van der Waals surface area contributed by atoms with E-state index in [4.69, 9.17) is 14.5 Å². The van der Waals surface area contributed by atoms with Gasteiger partial charge in [0, 0.05) is 73.1 Å². The average Bonchev–Trinajstić information content (AvgIpc) is 3.88. The summed E-state index contributed by atoms with van der Waals surface area (Å²) in [6.45, 7) is 7.58. The summed E-state index contributed by atoms with van der Waals surface area (Å²) >= 11 is 0. The van der Waals surface area contributed by atoms with Crippen LogP contribution in [0.25, 0.3) is 0 Å². The number of nitrogens with one attached hydrogen (secondary N) is 3. The van der Waals surface area contributed by atoms with Crippen molar-refractivity contribution in [1.29, 1.82) is 0 Å². The minimum Gasteiger partial charge on any atom is -0.390 e. The molecule has 444 valence electrons. The number of aromatic amines is 1. The Balaban J connectivity index is 0.917. The Morgan fingerprint density at radius 1 is 0.852 bits per heavy atom. The molecule has 0 spiro atoms. The molecule has 10 N–H and O–H groups in total. The van der Waals surface area contributed by atoms with Crippen molar-refractivity contribution in [3.8, 4) is 11.8 Å². The lowest BCUT2D eigenvalue weighted by molar-refractivity contribution is -0.401. The monoisotopic (exact) mass is 1230 g/mol. The van der Waals surface area contributed by atoms with Crippen molar-refractivity contribution in [2.24, 2.45) is 0 Å². The summed E-state index contributed by atoms with van der Waals surface area (Å²) in [6.07, 6.45) is 6.35. The highest BCUT2D eigenvalue weighted by molar-refractivity contribution is 7.86. The molecule has 1 fully saturated rings. The summed E-state index contributed by atoms with van der Waals surface area (Å²) in [6, 6.07) is 8.98. The minimum atomic E-state index is -5.80. The Labute approximate surface area is 465 Å². The van der Waals surface area contributed by atoms with Gasteiger partial charge in [-0.2, -0.15) is 30.0 Å². The number of hydrogen-bond donors (Lipinski definition) is 10. The normalized spacial score (nSPS) is 20.6. The van der Waals surface area contributed by atoms with Crippen molar-refractivity contribution < 1.29 is 96.4 Å². The van der Waals surface area contributed by atoms with E-state index in [0.717, 1.165) is 39.1 Å². The third-order valence-electron chi connectivity index (χ3n) is 13.6. The molecule has 1 aromatic heterocycles. The van der Waals surface area contributed by atoms with Crippen LogP contribution in [-0.4, -0.2) is 128 Å². The minimum absolute atomic E-state index is 0.129. The number of carbonyl (C=O) groups excluding carboxylic acids is 2. The number of nitrogens with zero attached hydrogens (tertiary/aromatic N) is 3. The number of anilines is 1. The molecule has 33 heteroatoms. The first kappa shape index (κ1) is 64.9. The Bertz CT molecular complexity index is 3600. The van der Waals surface area contributed by atoms with E-state index in [0.29, 0.717) is 57.2 Å². The number of phosphoric acid groups is 3. The number of benzene rings is 2. The number of H-pyrrole nitrogens is 1. The van der Waals surface area contributed by atoms with Crippen LogP contribution in [0.5, 0.6) is 0 Å². The molecule has 0 saturated carbocycles. The molecule has 3 aromatic rings. The molecule has 81 heavy (non-hydrogen) atoms. The third kappa shape index (κ3) is 16.9. The number of rotatable bonds is 25. The molecule has 2 aromatic carbocycles. The van der Waals surface area contributed by atoms with Crippen LogP contribution in [-0.2, 0) is 72.2 Å². The van der Waals surface area contributed by atoms with Gasteiger partial charge < -0.3 is 45.0 Å². The van der Waals surface area contributed by atoms with Gasteiger partial charge in [0.2, 0.25) is 17.5 Å². The van der Waals surface area contributed by atoms with Crippen LogP contribution in [0.3, 0.4) is 0 Å². The van der Waals surface area contributed by atoms with Gasteiger partial charge in [-0.25, -0.2) is 18.5 Å². The number of hydrogen-bond acceptors (Lipinski definition) is 17. The molecule has 0 bridgehead atoms. The van der Waals surface area contributed by atoms with Gasteiger partial charge in [0.15, 0.2) is 5.71 Å². The summed E-state index contributed by atoms with van der Waals surface area (Å²) in [7, 11) is -24.0. The van der Waals surface area contributed by atoms with Gasteiger partial charge in [-0.15, -0.1) is 0 Å². The summed E-state index contributed by atoms with van der Waals surface area (Å²) < 4.78 is 122. The van der Waals surface area contributed by atoms with Crippen molar-refractivity contribution in [2.75, 3.05) is 38.2 Å². The molecule has 3 aliphatic rings. The number of fused-ring (bicyclic) bond motifs is 2. The maximum Gasteiger partial charge on any atom is 0.490 e. The zero-order chi connectivity index (χ0) is 60.1. The largest absolute Gasteiger partial charge is 0.490 e. The molecule has 5 atom stereocenters. The third-order valence-corrected chi connectivity index (χ3v) is 19.1. The van der Waals surface area contributed by atoms with Crippen LogP contribution >= 0.6 is 23.5 Å². The van der Waals surface area contributed by atoms with Crippen LogP contribution in [0.4, 0.5) is 11.4 Å². The maximum atomic E-state index is 12.7. The quantitative estimate of drug-likeness (QED) is 0.0190. The van der Waals surface area contributed by atoms with Gasteiger partial charge in [-0.1, -0.05) is 44.6 Å². The number of carbonyl (C=O) groups is 2. The Morgan fingerprint density at radius 2 is 1.47 bits per heavy atom. The molecule has 28 nitrogen and oxygen atoms in total. The number of amides is 2. The smallest absolute Gasteiger partial charge is 0.390 e. The van der Waals surface area contributed by atoms with E-state index >= 15 is 0 Å². The van der Waals surface area contributed by atoms with Crippen molar-refractivity contribution >= 4 is 72.6 Å². The number of unbranched alkanes of at least 4 members (excludes halogenated alkanes) is 4. The predicted octanol–water partition coefficient (Wildman–Crippen LogP) is 3.67. The number of aliphatic hydroxyl groups is 1. The summed E-state index contributed by atoms with van der Waals surface area (Å²) in [5.74, 6) is 4.66. The van der Waals surface area contributed by atoms with Crippen LogP contribution < -0.4 is 26.8 Å². The lowest BCUT2D eigenvalue weighted by Gasteiger charge is -2.27. The second-order valence-electron chi connectivity index (χ2n) is 20.1. The number of aromatic nitrogens is 2. The van der Waals surface area contributed by atoms with E-state index < -0.39 is 90.8 Å². The molecule has 2 amide bonds. The topological polar surface area (TPSA) is 417 Å². The highest BCUT2D eigenvalue weighted by Crippen LogP contribution is 2.66. The lowest BCUT2D eigenvalue weighted by atomic mass is 9.81. The summed E-state index contributed by atoms with van der Waals surface area (Å²) in [5, 5.41) is 15.9. The van der Waals surface area contributed by atoms with Gasteiger partial charge in [0.25, 0.3) is 25.8 Å². The van der Waals surface area contributed by atoms with Gasteiger partial charge in [-0.05, 0) is 81.5 Å². The zero-order valence-corrected chi connectivity index (χ0v) is 48.8. The first-order valence-corrected chi connectivity index (χ1v) is 32.4. The molecular formula is C48H64N6O22P3S2+. The highest BCUT2D eigenvalue weighted by Gasteiger charge is 2.46. The van der Waals surface area contributed by atoms with Crippen molar-refractivity contribution in [2.45, 2.75) is 125 Å². The average molecular weight is 1230 g/mol. The van der Waals surface area contributed by atoms with E-state index in [1.807, 2.05) is 62.5 Å². The SMILES string of the molecule is C[N+]1=C(/C=C/C=C2/N(CCCCCC(=O)NCCCCCC(=O)NCC#Cc3cn(C4CC(O)C(COP(=O)(O)OP(=O)(O)OP(=O)(O)O)O4)c(=O)[nH]c3=O)c3ccc(S(=O)(=O)O)cc3C2(C)C)C(C)(C)c2cc(S(=O)(=O)O)ccc21. The number of ether oxygens (including phenoxy) is 1. The van der Waals surface area contributed by atoms with Crippen molar-refractivity contribution in [1.82, 2.24) is 20.2 Å². The summed E-state index contributed by atoms with van der Waals surface area (Å²) in [4.78, 5) is 90.3. The molecule has 3 aliphatic heterocycles. The van der Waals surface area contributed by atoms with E-state index in [1.165, 1.54) is 24.3 Å². The van der Waals surface area contributed by atoms with E-state index in [2.05, 4.69) is 40.5 Å². The fraction of sp³-hybridized carbons (Fsp3) is 0.479. The molecule has 4 heterocycles. The summed E-state index contributed by atoms with van der Waals surface area (Å²) in [5.41, 5.74) is 1.26. The van der Waals surface area contributed by atoms with Crippen LogP contribution in [0.2, 0.25) is 0 Å². The van der Waals surface area contributed by atoms with E-state index in [1.54, 1.807) is 12.1 Å². The van der Waals surface area contributed by atoms with E-state index in [9.17, 15) is 73.7 Å². The standard InChI is InChI=1S/C48H63N6O22P3S2/c1-47(2)34-26-32(80(67,68)69)19-21-36(34)52(5)40(47)15-12-16-41-48(3,4)35-27-33(81(70,71)72)20-22-37(35)53(41)25-11-7-9-18-42(56)49-23-10-6-8-17-43(57)50-24-13-14-31-29-54(46(59)51-45(31)58)44-28-38(55)39(74-44)30-73-78(63,64)76-79(65,66)75-77(60,61)62/h12,15-16,19-22,26-27,29,38-39,44,55H,6-11,17-18,23-25,28,30H2,1-5H3,(H8-,49,50,51,56,57,58,59,60,61,62,63,64,65,66,67,68,69,70,71,72)/p+1. The number of aliphatic hydroxyl groups excluding tert-OH is 1. The highest BCUT2D eigenvalue weighted by atomic mass is 32.2. The van der Waals surface area contributed by atoms with Crippen molar-refractivity contribution in [3.63, 3.8) is 0 Å². The van der Waals surface area contributed by atoms with Crippen molar-refractivity contribution in [3.05, 3.63) is 104 Å². The van der Waals surface area contributed by atoms with Gasteiger partial charge in [0.05, 0.1) is 34.5 Å². The maximum absolute atomic E-state index is 12.7. The second-order valence-corrected chi connectivity index (χ2v) is 27.4. The fourth-order valence-corrected chi connectivity index (χ4v) is 13.6. The molecule has 0 radical (unpaired) electrons. The molecule has 0 aliphatic carbocycles. The molecule has 5 unspecified atom stereocenters. The first-order chi connectivity index (χ1) is 37.5. The Kier molecular flexibility index (Phi) is 20.6. The Morgan fingerprint density at radius 3 is 2.11 bits per heavy atom. The van der Waals surface area contributed by atoms with Gasteiger partial charge in [-0.3, -0.25) is 37.6 Å². The first-order valence-electron chi connectivity index (χ1n) is 25.0. The van der Waals surface area contributed by atoms with Crippen LogP contribution in [0.15, 0.2) is 85.9 Å². The van der Waals surface area contributed by atoms with Crippen LogP contribution in [0.1, 0.15) is 108 Å². The van der Waals surface area contributed by atoms with Crippen LogP contribution in [0, 0.1) is 11.8 Å². The molecule has 1 saturated heterocycles. The number of allylic oxidation sites excluding steroid dienone is 4. The molecular weight excluding hydrogens is 1170 g/mol. The lowest BCUT2D eigenvalue weighted by Crippen LogP contribution is -2.33. The predicted molar refractivity (Wildman–Crippen MR) is 289 cm³/mol. The second kappa shape index (κ2) is 25.7. The van der Waals surface area contributed by atoms with Gasteiger partial charge in [0.1, 0.15) is 24.9 Å². The molecule has 6 rings (SSSR count). The fourth-order valence-electron chi connectivity index (χ4n) is 9.56. The number of phosphoric ester groups is 1. The van der Waals surface area contributed by atoms with E-state index in [-0.39, 0.29) is 53.0 Å². The zero-order valence-electron chi connectivity index (χ0n) is 44.5. The van der Waals surface area contributed by atoms with Gasteiger partial charge >= 0.3 is 29.2 Å². The Hall–Kier alpha value is -5.28.